The Morgan fingerprint density at radius 3 is 2.60 bits per heavy atom. The Hall–Kier alpha value is -1.11. The van der Waals surface area contributed by atoms with E-state index < -0.39 is 10.0 Å². The third kappa shape index (κ3) is 2.97. The fraction of sp³-hybridized carbons (Fsp3) is 0.571. The molecule has 20 heavy (non-hydrogen) atoms. The van der Waals surface area contributed by atoms with Gasteiger partial charge < -0.3 is 9.73 Å². The fourth-order valence-corrected chi connectivity index (χ4v) is 3.77. The summed E-state index contributed by atoms with van der Waals surface area (Å²) in [7, 11) is -1.99. The number of likely N-dealkylation sites (N-methyl/N-ethyl adjacent to an activating group) is 1. The van der Waals surface area contributed by atoms with Gasteiger partial charge in [-0.05, 0) is 26.7 Å². The number of hydrogen-bond acceptors (Lipinski definition) is 4. The Morgan fingerprint density at radius 1 is 1.40 bits per heavy atom. The highest BCUT2D eigenvalue weighted by atomic mass is 32.2. The number of sulfonamides is 1. The van der Waals surface area contributed by atoms with E-state index >= 15 is 0 Å². The topological polar surface area (TPSA) is 62.6 Å². The third-order valence-electron chi connectivity index (χ3n) is 3.52. The molecule has 5 nitrogen and oxygen atoms in total. The lowest BCUT2D eigenvalue weighted by molar-refractivity contribution is 0.481. The molecule has 6 heteroatoms. The second kappa shape index (κ2) is 5.71. The van der Waals surface area contributed by atoms with Crippen molar-refractivity contribution < 1.29 is 12.8 Å². The molecular weight excluding hydrogens is 276 g/mol. The van der Waals surface area contributed by atoms with Crippen LogP contribution in [0.5, 0.6) is 0 Å². The summed E-state index contributed by atoms with van der Waals surface area (Å²) in [6, 6.07) is 0.520. The van der Waals surface area contributed by atoms with Crippen LogP contribution in [0.2, 0.25) is 0 Å². The average molecular weight is 298 g/mol. The van der Waals surface area contributed by atoms with Crippen molar-refractivity contribution in [3.63, 3.8) is 0 Å². The minimum Gasteiger partial charge on any atom is -0.465 e. The van der Waals surface area contributed by atoms with Gasteiger partial charge in [0.25, 0.3) is 0 Å². The van der Waals surface area contributed by atoms with Crippen LogP contribution in [0.25, 0.3) is 0 Å². The van der Waals surface area contributed by atoms with Crippen molar-refractivity contribution in [2.75, 3.05) is 13.6 Å². The number of nitrogens with one attached hydrogen (secondary N) is 1. The summed E-state index contributed by atoms with van der Waals surface area (Å²) in [4.78, 5) is 0.299. The van der Waals surface area contributed by atoms with Crippen LogP contribution < -0.4 is 5.32 Å². The molecule has 0 spiro atoms. The van der Waals surface area contributed by atoms with Crippen LogP contribution in [-0.2, 0) is 16.6 Å². The van der Waals surface area contributed by atoms with Gasteiger partial charge in [0.1, 0.15) is 16.4 Å². The predicted molar refractivity (Wildman–Crippen MR) is 78.1 cm³/mol. The van der Waals surface area contributed by atoms with Crippen molar-refractivity contribution >= 4 is 10.0 Å². The van der Waals surface area contributed by atoms with Crippen LogP contribution in [0.3, 0.4) is 0 Å². The zero-order valence-electron chi connectivity index (χ0n) is 12.3. The van der Waals surface area contributed by atoms with Gasteiger partial charge in [-0.1, -0.05) is 6.08 Å². The highest BCUT2D eigenvalue weighted by Gasteiger charge is 2.31. The summed E-state index contributed by atoms with van der Waals surface area (Å²) in [5.41, 5.74) is 0.741. The first-order chi connectivity index (χ1) is 9.37. The van der Waals surface area contributed by atoms with Crippen LogP contribution in [-0.4, -0.2) is 32.4 Å². The summed E-state index contributed by atoms with van der Waals surface area (Å²) in [5.74, 6) is 1.12. The van der Waals surface area contributed by atoms with Crippen molar-refractivity contribution in [2.24, 2.45) is 0 Å². The molecule has 1 aliphatic rings. The first-order valence-corrected chi connectivity index (χ1v) is 8.21. The van der Waals surface area contributed by atoms with Gasteiger partial charge in [0.05, 0.1) is 0 Å². The summed E-state index contributed by atoms with van der Waals surface area (Å²) >= 11 is 0. The Morgan fingerprint density at radius 2 is 2.05 bits per heavy atom. The van der Waals surface area contributed by atoms with Gasteiger partial charge >= 0.3 is 0 Å². The van der Waals surface area contributed by atoms with Crippen LogP contribution in [0.1, 0.15) is 29.9 Å². The van der Waals surface area contributed by atoms with E-state index in [1.807, 2.05) is 6.92 Å². The number of rotatable bonds is 7. The quantitative estimate of drug-likeness (QED) is 0.782. The van der Waals surface area contributed by atoms with Crippen molar-refractivity contribution in [3.8, 4) is 0 Å². The Kier molecular flexibility index (Phi) is 4.36. The second-order valence-electron chi connectivity index (χ2n) is 5.25. The molecule has 0 unspecified atom stereocenters. The van der Waals surface area contributed by atoms with Crippen LogP contribution >= 0.6 is 0 Å². The van der Waals surface area contributed by atoms with E-state index in [1.165, 1.54) is 4.31 Å². The maximum Gasteiger partial charge on any atom is 0.246 e. The molecule has 1 N–H and O–H groups in total. The second-order valence-corrected chi connectivity index (χ2v) is 7.23. The van der Waals surface area contributed by atoms with Crippen molar-refractivity contribution in [2.45, 2.75) is 44.2 Å². The smallest absolute Gasteiger partial charge is 0.246 e. The fourth-order valence-electron chi connectivity index (χ4n) is 2.22. The van der Waals surface area contributed by atoms with Crippen LogP contribution in [0.4, 0.5) is 0 Å². The normalized spacial score (nSPS) is 15.8. The molecular formula is C14H22N2O3S. The first-order valence-electron chi connectivity index (χ1n) is 6.77. The molecule has 1 aromatic rings. The molecule has 1 saturated carbocycles. The molecule has 0 aliphatic heterocycles. The van der Waals surface area contributed by atoms with E-state index in [9.17, 15) is 8.42 Å². The maximum atomic E-state index is 12.6. The zero-order valence-corrected chi connectivity index (χ0v) is 13.1. The monoisotopic (exact) mass is 298 g/mol. The minimum atomic E-state index is -3.54. The first kappa shape index (κ1) is 15.3. The minimum absolute atomic E-state index is 0.279. The van der Waals surface area contributed by atoms with Crippen molar-refractivity contribution in [3.05, 3.63) is 29.7 Å². The van der Waals surface area contributed by atoms with Crippen molar-refractivity contribution in [1.82, 2.24) is 9.62 Å². The van der Waals surface area contributed by atoms with E-state index in [0.717, 1.165) is 18.4 Å². The Labute approximate surface area is 120 Å². The molecule has 112 valence electrons. The summed E-state index contributed by atoms with van der Waals surface area (Å²) in [6.07, 6.45) is 3.89. The lowest BCUT2D eigenvalue weighted by Crippen LogP contribution is -2.29. The predicted octanol–water partition coefficient (Wildman–Crippen LogP) is 1.95. The standard InChI is InChI=1S/C14H22N2O3S/c1-5-8-16(4)20(17,18)14-11(3)19-10(2)13(14)9-15-12-6-7-12/h5,12,15H,1,6-9H2,2-4H3. The molecule has 1 heterocycles. The highest BCUT2D eigenvalue weighted by molar-refractivity contribution is 7.89. The molecule has 1 aromatic heterocycles. The van der Waals surface area contributed by atoms with Gasteiger partial charge in [-0.2, -0.15) is 4.31 Å². The molecule has 0 amide bonds. The average Bonchev–Trinajstić information content (AvgIpc) is 3.13. The van der Waals surface area contributed by atoms with E-state index in [2.05, 4.69) is 11.9 Å². The van der Waals surface area contributed by atoms with E-state index in [1.54, 1.807) is 20.0 Å². The molecule has 1 fully saturated rings. The highest BCUT2D eigenvalue weighted by Crippen LogP contribution is 2.29. The molecule has 2 rings (SSSR count). The summed E-state index contributed by atoms with van der Waals surface area (Å²) in [5, 5.41) is 3.35. The molecule has 0 radical (unpaired) electrons. The van der Waals surface area contributed by atoms with E-state index in [-0.39, 0.29) is 6.54 Å². The Bertz CT molecular complexity index is 600. The molecule has 0 bridgehead atoms. The van der Waals surface area contributed by atoms with E-state index in [4.69, 9.17) is 4.42 Å². The van der Waals surface area contributed by atoms with Crippen LogP contribution in [0.15, 0.2) is 22.0 Å². The number of furan rings is 1. The van der Waals surface area contributed by atoms with Gasteiger partial charge in [0.15, 0.2) is 0 Å². The molecule has 1 aliphatic carbocycles. The SMILES string of the molecule is C=CCN(C)S(=O)(=O)c1c(C)oc(C)c1CNC1CC1. The zero-order chi connectivity index (χ0) is 14.9. The van der Waals surface area contributed by atoms with E-state index in [0.29, 0.717) is 29.0 Å². The van der Waals surface area contributed by atoms with Gasteiger partial charge in [-0.3, -0.25) is 0 Å². The Balaban J connectivity index is 2.35. The molecule has 0 saturated heterocycles. The maximum absolute atomic E-state index is 12.6. The lowest BCUT2D eigenvalue weighted by Gasteiger charge is -2.16. The van der Waals surface area contributed by atoms with Gasteiger partial charge in [0.2, 0.25) is 10.0 Å². The summed E-state index contributed by atoms with van der Waals surface area (Å²) < 4.78 is 32.1. The summed E-state index contributed by atoms with van der Waals surface area (Å²) in [6.45, 7) is 7.90. The van der Waals surface area contributed by atoms with Gasteiger partial charge in [-0.15, -0.1) is 6.58 Å². The van der Waals surface area contributed by atoms with Gasteiger partial charge in [0, 0.05) is 31.7 Å². The van der Waals surface area contributed by atoms with Gasteiger partial charge in [-0.25, -0.2) is 8.42 Å². The lowest BCUT2D eigenvalue weighted by atomic mass is 10.2. The number of hydrogen-bond donors (Lipinski definition) is 1. The number of aryl methyl sites for hydroxylation is 2. The van der Waals surface area contributed by atoms with Crippen LogP contribution in [0, 0.1) is 13.8 Å². The number of nitrogens with zero attached hydrogens (tertiary/aromatic N) is 1. The van der Waals surface area contributed by atoms with Crippen molar-refractivity contribution in [1.29, 1.82) is 0 Å². The molecule has 0 atom stereocenters. The molecule has 0 aromatic carbocycles. The third-order valence-corrected chi connectivity index (χ3v) is 5.54. The largest absolute Gasteiger partial charge is 0.465 e.